The fourth-order valence-corrected chi connectivity index (χ4v) is 3.88. The number of aliphatic imine (C=N–C) groups is 1. The third kappa shape index (κ3) is 3.78. The summed E-state index contributed by atoms with van der Waals surface area (Å²) in [4.78, 5) is 4.70. The van der Waals surface area contributed by atoms with E-state index in [9.17, 15) is 0 Å². The van der Waals surface area contributed by atoms with Crippen LogP contribution in [0.3, 0.4) is 0 Å². The summed E-state index contributed by atoms with van der Waals surface area (Å²) < 4.78 is 0. The molecule has 0 spiro atoms. The van der Waals surface area contributed by atoms with Crippen molar-refractivity contribution in [3.63, 3.8) is 0 Å². The van der Waals surface area contributed by atoms with E-state index in [0.29, 0.717) is 0 Å². The molecule has 2 aromatic rings. The summed E-state index contributed by atoms with van der Waals surface area (Å²) in [6.45, 7) is 12.3. The van der Waals surface area contributed by atoms with Crippen molar-refractivity contribution in [2.75, 3.05) is 11.9 Å². The summed E-state index contributed by atoms with van der Waals surface area (Å²) in [6.07, 6.45) is 3.50. The van der Waals surface area contributed by atoms with Gasteiger partial charge in [-0.15, -0.1) is 0 Å². The van der Waals surface area contributed by atoms with Gasteiger partial charge in [0.15, 0.2) is 0 Å². The van der Waals surface area contributed by atoms with Gasteiger partial charge in [-0.25, -0.2) is 0 Å². The Morgan fingerprint density at radius 2 is 1.72 bits per heavy atom. The fourth-order valence-electron chi connectivity index (χ4n) is 3.88. The maximum atomic E-state index is 4.70. The molecular formula is C23H30N2. The molecule has 25 heavy (non-hydrogen) atoms. The maximum Gasteiger partial charge on any atom is 0.101 e. The molecule has 0 fully saturated rings. The van der Waals surface area contributed by atoms with Crippen LogP contribution in [-0.2, 0) is 5.41 Å². The summed E-state index contributed by atoms with van der Waals surface area (Å²) in [5.74, 6) is 1.15. The number of aryl methyl sites for hydroxylation is 1. The van der Waals surface area contributed by atoms with E-state index >= 15 is 0 Å². The Morgan fingerprint density at radius 3 is 2.32 bits per heavy atom. The number of hydrogen-bond acceptors (Lipinski definition) is 2. The topological polar surface area (TPSA) is 24.4 Å². The lowest BCUT2D eigenvalue weighted by atomic mass is 9.79. The number of hydrogen-bond donors (Lipinski definition) is 1. The van der Waals surface area contributed by atoms with Crippen molar-refractivity contribution in [1.82, 2.24) is 0 Å². The van der Waals surface area contributed by atoms with E-state index in [2.05, 4.69) is 76.3 Å². The minimum Gasteiger partial charge on any atom is -0.344 e. The normalized spacial score (nSPS) is 15.0. The van der Waals surface area contributed by atoms with Crippen LogP contribution < -0.4 is 5.32 Å². The number of anilines is 1. The highest BCUT2D eigenvalue weighted by Crippen LogP contribution is 2.40. The second-order valence-electron chi connectivity index (χ2n) is 8.14. The zero-order valence-corrected chi connectivity index (χ0v) is 16.2. The van der Waals surface area contributed by atoms with Crippen molar-refractivity contribution < 1.29 is 0 Å². The van der Waals surface area contributed by atoms with Crippen LogP contribution in [-0.4, -0.2) is 12.4 Å². The quantitative estimate of drug-likeness (QED) is 0.688. The number of nitrogens with zero attached hydrogens (tertiary/aromatic N) is 1. The van der Waals surface area contributed by atoms with Crippen molar-refractivity contribution in [3.8, 4) is 11.1 Å². The van der Waals surface area contributed by atoms with Crippen LogP contribution in [0.1, 0.15) is 56.7 Å². The first kappa shape index (κ1) is 17.7. The molecule has 0 aliphatic carbocycles. The lowest BCUT2D eigenvalue weighted by Gasteiger charge is -2.30. The van der Waals surface area contributed by atoms with Crippen LogP contribution in [0, 0.1) is 13.8 Å². The predicted octanol–water partition coefficient (Wildman–Crippen LogP) is 6.26. The molecule has 132 valence electrons. The molecule has 0 saturated heterocycles. The molecular weight excluding hydrogens is 304 g/mol. The highest BCUT2D eigenvalue weighted by Gasteiger charge is 2.25. The van der Waals surface area contributed by atoms with Gasteiger partial charge in [-0.3, -0.25) is 4.99 Å². The maximum absolute atomic E-state index is 4.70. The first-order valence-electron chi connectivity index (χ1n) is 9.38. The average molecular weight is 335 g/mol. The van der Waals surface area contributed by atoms with Crippen LogP contribution in [0.2, 0.25) is 0 Å². The van der Waals surface area contributed by atoms with Crippen molar-refractivity contribution in [3.05, 3.63) is 53.1 Å². The Morgan fingerprint density at radius 1 is 1.00 bits per heavy atom. The SMILES string of the molecule is Cc1cc(-c2ccccc2)c(C)c(C(C)(C)C)c1NC1=NCCCC1. The van der Waals surface area contributed by atoms with E-state index in [1.54, 1.807) is 0 Å². The van der Waals surface area contributed by atoms with E-state index in [1.807, 2.05) is 0 Å². The van der Waals surface area contributed by atoms with E-state index in [4.69, 9.17) is 4.99 Å². The molecule has 3 rings (SSSR count). The van der Waals surface area contributed by atoms with E-state index < -0.39 is 0 Å². The van der Waals surface area contributed by atoms with Gasteiger partial charge in [0.25, 0.3) is 0 Å². The minimum absolute atomic E-state index is 0.0667. The molecule has 1 aliphatic rings. The zero-order chi connectivity index (χ0) is 18.0. The van der Waals surface area contributed by atoms with Gasteiger partial charge >= 0.3 is 0 Å². The molecule has 0 unspecified atom stereocenters. The first-order chi connectivity index (χ1) is 11.9. The Kier molecular flexibility index (Phi) is 4.99. The third-order valence-corrected chi connectivity index (χ3v) is 5.01. The number of rotatable bonds is 2. The van der Waals surface area contributed by atoms with E-state index in [1.165, 1.54) is 46.3 Å². The van der Waals surface area contributed by atoms with Crippen molar-refractivity contribution in [1.29, 1.82) is 0 Å². The van der Waals surface area contributed by atoms with Crippen LogP contribution >= 0.6 is 0 Å². The third-order valence-electron chi connectivity index (χ3n) is 5.01. The minimum atomic E-state index is 0.0667. The fraction of sp³-hybridized carbons (Fsp3) is 0.435. The van der Waals surface area contributed by atoms with Crippen molar-refractivity contribution in [2.45, 2.75) is 59.3 Å². The van der Waals surface area contributed by atoms with Crippen molar-refractivity contribution >= 4 is 11.5 Å². The number of nitrogens with one attached hydrogen (secondary N) is 1. The van der Waals surface area contributed by atoms with Crippen LogP contribution in [0.25, 0.3) is 11.1 Å². The smallest absolute Gasteiger partial charge is 0.101 e. The van der Waals surface area contributed by atoms with Gasteiger partial charge in [0.1, 0.15) is 5.84 Å². The molecule has 2 heteroatoms. The molecule has 0 radical (unpaired) electrons. The Labute approximate surface area is 152 Å². The Balaban J connectivity index is 2.15. The highest BCUT2D eigenvalue weighted by molar-refractivity contribution is 5.98. The highest BCUT2D eigenvalue weighted by atomic mass is 15.0. The molecule has 0 saturated carbocycles. The molecule has 1 heterocycles. The van der Waals surface area contributed by atoms with Crippen LogP contribution in [0.5, 0.6) is 0 Å². The monoisotopic (exact) mass is 334 g/mol. The number of amidine groups is 1. The van der Waals surface area contributed by atoms with E-state index in [-0.39, 0.29) is 5.41 Å². The van der Waals surface area contributed by atoms with Gasteiger partial charge in [0.05, 0.1) is 0 Å². The lowest BCUT2D eigenvalue weighted by Crippen LogP contribution is -2.23. The molecule has 1 N–H and O–H groups in total. The van der Waals surface area contributed by atoms with Crippen LogP contribution in [0.15, 0.2) is 41.4 Å². The second kappa shape index (κ2) is 7.03. The summed E-state index contributed by atoms with van der Waals surface area (Å²) in [5.41, 5.74) is 8.00. The molecule has 0 atom stereocenters. The van der Waals surface area contributed by atoms with Gasteiger partial charge < -0.3 is 5.32 Å². The molecule has 0 bridgehead atoms. The van der Waals surface area contributed by atoms with Crippen molar-refractivity contribution in [2.24, 2.45) is 4.99 Å². The van der Waals surface area contributed by atoms with E-state index in [0.717, 1.165) is 18.8 Å². The summed E-state index contributed by atoms with van der Waals surface area (Å²) >= 11 is 0. The molecule has 2 aromatic carbocycles. The van der Waals surface area contributed by atoms with Crippen LogP contribution in [0.4, 0.5) is 5.69 Å². The van der Waals surface area contributed by atoms with Gasteiger partial charge in [-0.2, -0.15) is 0 Å². The Hall–Kier alpha value is -2.09. The number of benzene rings is 2. The second-order valence-corrected chi connectivity index (χ2v) is 8.14. The van der Waals surface area contributed by atoms with Gasteiger partial charge in [-0.1, -0.05) is 51.1 Å². The lowest BCUT2D eigenvalue weighted by molar-refractivity contribution is 0.588. The largest absolute Gasteiger partial charge is 0.344 e. The molecule has 0 amide bonds. The summed E-state index contributed by atoms with van der Waals surface area (Å²) in [7, 11) is 0. The molecule has 1 aliphatic heterocycles. The Bertz CT molecular complexity index is 780. The van der Waals surface area contributed by atoms with Gasteiger partial charge in [0.2, 0.25) is 0 Å². The summed E-state index contributed by atoms with van der Waals surface area (Å²) in [6, 6.07) is 13.0. The van der Waals surface area contributed by atoms with Gasteiger partial charge in [0, 0.05) is 18.7 Å². The standard InChI is InChI=1S/C23H30N2/c1-16-15-19(18-11-7-6-8-12-18)17(2)21(23(3,4)5)22(16)25-20-13-9-10-14-24-20/h6-8,11-12,15H,9-10,13-14H2,1-5H3,(H,24,25). The summed E-state index contributed by atoms with van der Waals surface area (Å²) in [5, 5.41) is 3.69. The zero-order valence-electron chi connectivity index (χ0n) is 16.2. The first-order valence-corrected chi connectivity index (χ1v) is 9.38. The van der Waals surface area contributed by atoms with Gasteiger partial charge in [-0.05, 0) is 66.0 Å². The molecule has 0 aromatic heterocycles. The molecule has 2 nitrogen and oxygen atoms in total. The predicted molar refractivity (Wildman–Crippen MR) is 110 cm³/mol. The average Bonchev–Trinajstić information content (AvgIpc) is 2.58.